The van der Waals surface area contributed by atoms with Crippen molar-refractivity contribution in [3.05, 3.63) is 23.8 Å². The van der Waals surface area contributed by atoms with E-state index in [2.05, 4.69) is 24.5 Å². The maximum absolute atomic E-state index is 11.9. The van der Waals surface area contributed by atoms with Gasteiger partial charge in [0.15, 0.2) is 0 Å². The molecule has 1 aromatic rings. The van der Waals surface area contributed by atoms with E-state index in [9.17, 15) is 4.79 Å². The van der Waals surface area contributed by atoms with Crippen LogP contribution in [0.25, 0.3) is 0 Å². The maximum Gasteiger partial charge on any atom is 0.253 e. The van der Waals surface area contributed by atoms with E-state index in [0.29, 0.717) is 22.7 Å². The van der Waals surface area contributed by atoms with Crippen LogP contribution in [0.1, 0.15) is 49.9 Å². The van der Waals surface area contributed by atoms with Crippen molar-refractivity contribution in [1.29, 1.82) is 0 Å². The molecule has 0 bridgehead atoms. The average Bonchev–Trinajstić information content (AvgIpc) is 2.37. The van der Waals surface area contributed by atoms with Crippen molar-refractivity contribution in [2.45, 2.75) is 45.6 Å². The molecular weight excluding hydrogens is 250 g/mol. The number of carbonyl (C=O) groups excluding carboxylic acids is 1. The van der Waals surface area contributed by atoms with E-state index in [1.54, 1.807) is 19.2 Å². The van der Waals surface area contributed by atoms with Crippen LogP contribution in [0.3, 0.4) is 0 Å². The maximum atomic E-state index is 11.9. The lowest BCUT2D eigenvalue weighted by atomic mass is 9.75. The summed E-state index contributed by atoms with van der Waals surface area (Å²) >= 11 is 0. The lowest BCUT2D eigenvalue weighted by molar-refractivity contribution is 0.0964. The van der Waals surface area contributed by atoms with Gasteiger partial charge in [-0.1, -0.05) is 20.3 Å². The molecule has 4 nitrogen and oxygen atoms in total. The number of benzene rings is 1. The quantitative estimate of drug-likeness (QED) is 0.743. The number of hydrogen-bond acceptors (Lipinski definition) is 3. The van der Waals surface area contributed by atoms with Crippen molar-refractivity contribution in [2.24, 2.45) is 5.41 Å². The van der Waals surface area contributed by atoms with Gasteiger partial charge in [-0.3, -0.25) is 4.79 Å². The fraction of sp³-hybridized carbons (Fsp3) is 0.562. The van der Waals surface area contributed by atoms with E-state index in [-0.39, 0.29) is 5.91 Å². The fourth-order valence-corrected chi connectivity index (χ4v) is 3.06. The Labute approximate surface area is 121 Å². The Kier molecular flexibility index (Phi) is 4.21. The van der Waals surface area contributed by atoms with Gasteiger partial charge >= 0.3 is 0 Å². The van der Waals surface area contributed by atoms with E-state index in [1.165, 1.54) is 12.8 Å². The van der Waals surface area contributed by atoms with Crippen LogP contribution in [0.2, 0.25) is 0 Å². The van der Waals surface area contributed by atoms with Crippen LogP contribution in [0.15, 0.2) is 18.2 Å². The van der Waals surface area contributed by atoms with Crippen LogP contribution < -0.4 is 16.4 Å². The molecule has 1 atom stereocenters. The summed E-state index contributed by atoms with van der Waals surface area (Å²) in [6, 6.07) is 5.81. The smallest absolute Gasteiger partial charge is 0.253 e. The number of nitrogens with two attached hydrogens (primary N) is 1. The number of hydrogen-bond donors (Lipinski definition) is 3. The second kappa shape index (κ2) is 5.73. The second-order valence-electron chi connectivity index (χ2n) is 6.49. The van der Waals surface area contributed by atoms with Crippen LogP contribution in [-0.2, 0) is 0 Å². The molecule has 0 spiro atoms. The molecule has 2 rings (SSSR count). The molecule has 1 amide bonds. The van der Waals surface area contributed by atoms with Gasteiger partial charge in [-0.15, -0.1) is 0 Å². The number of carbonyl (C=O) groups is 1. The van der Waals surface area contributed by atoms with Gasteiger partial charge in [-0.05, 0) is 42.9 Å². The van der Waals surface area contributed by atoms with Crippen LogP contribution in [-0.4, -0.2) is 19.0 Å². The normalized spacial score (nSPS) is 21.2. The van der Waals surface area contributed by atoms with Crippen molar-refractivity contribution < 1.29 is 4.79 Å². The lowest BCUT2D eigenvalue weighted by Crippen LogP contribution is -2.32. The molecule has 1 saturated carbocycles. The van der Waals surface area contributed by atoms with E-state index >= 15 is 0 Å². The van der Waals surface area contributed by atoms with Gasteiger partial charge in [0.2, 0.25) is 0 Å². The van der Waals surface area contributed by atoms with Gasteiger partial charge in [-0.25, -0.2) is 0 Å². The average molecular weight is 275 g/mol. The Morgan fingerprint density at radius 2 is 2.15 bits per heavy atom. The second-order valence-corrected chi connectivity index (χ2v) is 6.49. The molecule has 0 aromatic heterocycles. The highest BCUT2D eigenvalue weighted by atomic mass is 16.1. The number of anilines is 2. The summed E-state index contributed by atoms with van der Waals surface area (Å²) in [5, 5.41) is 6.20. The molecular formula is C16H25N3O. The topological polar surface area (TPSA) is 67.2 Å². The molecule has 1 aliphatic carbocycles. The van der Waals surface area contributed by atoms with Gasteiger partial charge in [0.25, 0.3) is 5.91 Å². The first-order valence-corrected chi connectivity index (χ1v) is 7.29. The van der Waals surface area contributed by atoms with Crippen molar-refractivity contribution in [1.82, 2.24) is 5.32 Å². The zero-order chi connectivity index (χ0) is 14.8. The van der Waals surface area contributed by atoms with Gasteiger partial charge in [0, 0.05) is 24.5 Å². The molecule has 1 aromatic carbocycles. The Hall–Kier alpha value is -1.71. The summed E-state index contributed by atoms with van der Waals surface area (Å²) in [5.41, 5.74) is 8.39. The van der Waals surface area contributed by atoms with Gasteiger partial charge in [-0.2, -0.15) is 0 Å². The summed E-state index contributed by atoms with van der Waals surface area (Å²) in [5.74, 6) is -0.0810. The van der Waals surface area contributed by atoms with E-state index in [4.69, 9.17) is 5.73 Å². The summed E-state index contributed by atoms with van der Waals surface area (Å²) in [6.45, 7) is 4.61. The van der Waals surface area contributed by atoms with Crippen LogP contribution in [0.4, 0.5) is 11.4 Å². The molecule has 0 heterocycles. The number of nitrogens with one attached hydrogen (secondary N) is 2. The number of amides is 1. The molecule has 1 aliphatic rings. The summed E-state index contributed by atoms with van der Waals surface area (Å²) in [7, 11) is 1.65. The molecule has 1 unspecified atom stereocenters. The lowest BCUT2D eigenvalue weighted by Gasteiger charge is -2.36. The van der Waals surface area contributed by atoms with Crippen LogP contribution >= 0.6 is 0 Å². The third-order valence-corrected chi connectivity index (χ3v) is 4.08. The van der Waals surface area contributed by atoms with Crippen molar-refractivity contribution in [2.75, 3.05) is 18.1 Å². The van der Waals surface area contributed by atoms with Crippen molar-refractivity contribution in [3.63, 3.8) is 0 Å². The Morgan fingerprint density at radius 1 is 1.40 bits per heavy atom. The predicted octanol–water partition coefficient (Wildman–Crippen LogP) is 3.01. The fourth-order valence-electron chi connectivity index (χ4n) is 3.06. The molecule has 0 saturated heterocycles. The van der Waals surface area contributed by atoms with E-state index in [0.717, 1.165) is 18.5 Å². The Morgan fingerprint density at radius 3 is 2.80 bits per heavy atom. The van der Waals surface area contributed by atoms with Crippen LogP contribution in [0.5, 0.6) is 0 Å². The highest BCUT2D eigenvalue weighted by molar-refractivity contribution is 6.00. The van der Waals surface area contributed by atoms with Crippen LogP contribution in [0, 0.1) is 5.41 Å². The largest absolute Gasteiger partial charge is 0.399 e. The highest BCUT2D eigenvalue weighted by Gasteiger charge is 2.28. The van der Waals surface area contributed by atoms with Crippen molar-refractivity contribution >= 4 is 17.3 Å². The summed E-state index contributed by atoms with van der Waals surface area (Å²) in [4.78, 5) is 11.9. The molecule has 0 aliphatic heterocycles. The predicted molar refractivity (Wildman–Crippen MR) is 83.9 cm³/mol. The summed E-state index contributed by atoms with van der Waals surface area (Å²) < 4.78 is 0. The highest BCUT2D eigenvalue weighted by Crippen LogP contribution is 2.36. The summed E-state index contributed by atoms with van der Waals surface area (Å²) in [6.07, 6.45) is 4.76. The first kappa shape index (κ1) is 14.7. The van der Waals surface area contributed by atoms with Crippen molar-refractivity contribution in [3.8, 4) is 0 Å². The third-order valence-electron chi connectivity index (χ3n) is 4.08. The molecule has 1 fully saturated rings. The number of rotatable bonds is 3. The van der Waals surface area contributed by atoms with Gasteiger partial charge < -0.3 is 16.4 Å². The Balaban J connectivity index is 2.19. The van der Waals surface area contributed by atoms with Gasteiger partial charge in [0.05, 0.1) is 5.56 Å². The molecule has 4 heteroatoms. The zero-order valence-electron chi connectivity index (χ0n) is 12.6. The zero-order valence-corrected chi connectivity index (χ0v) is 12.6. The monoisotopic (exact) mass is 275 g/mol. The molecule has 110 valence electrons. The minimum absolute atomic E-state index is 0.0810. The standard InChI is InChI=1S/C16H25N3O/c1-16(2)8-4-5-12(10-16)19-14-9-11(17)6-7-13(14)15(20)18-3/h6-7,9,12,19H,4-5,8,10,17H2,1-3H3,(H,18,20). The minimum atomic E-state index is -0.0810. The SMILES string of the molecule is CNC(=O)c1ccc(N)cc1NC1CCCC(C)(C)C1. The van der Waals surface area contributed by atoms with Gasteiger partial charge in [0.1, 0.15) is 0 Å². The third kappa shape index (κ3) is 3.44. The van der Waals surface area contributed by atoms with E-state index in [1.807, 2.05) is 6.07 Å². The molecule has 0 radical (unpaired) electrons. The minimum Gasteiger partial charge on any atom is -0.399 e. The first-order chi connectivity index (χ1) is 9.41. The Bertz CT molecular complexity index is 496. The van der Waals surface area contributed by atoms with E-state index < -0.39 is 0 Å². The number of nitrogen functional groups attached to an aromatic ring is 1. The first-order valence-electron chi connectivity index (χ1n) is 7.29. The molecule has 4 N–H and O–H groups in total. The molecule has 20 heavy (non-hydrogen) atoms.